The summed E-state index contributed by atoms with van der Waals surface area (Å²) in [6.07, 6.45) is 0.684. The average Bonchev–Trinajstić information content (AvgIpc) is 2.30. The number of para-hydroxylation sites is 1. The molecule has 1 unspecified atom stereocenters. The van der Waals surface area contributed by atoms with E-state index in [1.807, 2.05) is 30.3 Å². The lowest BCUT2D eigenvalue weighted by molar-refractivity contribution is -0.138. The number of carboxylic acids is 1. The zero-order valence-electron chi connectivity index (χ0n) is 8.70. The molecule has 5 heteroatoms. The summed E-state index contributed by atoms with van der Waals surface area (Å²) in [5, 5.41) is 11.1. The number of hydrogen-bond donors (Lipinski definition) is 1. The molecule has 0 heterocycles. The molecule has 0 aromatic heterocycles. The molecule has 1 aromatic carbocycles. The zero-order valence-corrected chi connectivity index (χ0v) is 8.70. The van der Waals surface area contributed by atoms with E-state index in [0.717, 1.165) is 5.75 Å². The van der Waals surface area contributed by atoms with Crippen molar-refractivity contribution >= 4 is 5.97 Å². The molecular formula is C11H13NO4. The smallest absolute Gasteiger partial charge is 0.332 e. The molecule has 0 radical (unpaired) electrons. The zero-order chi connectivity index (χ0) is 11.8. The molecule has 0 spiro atoms. The third-order valence-corrected chi connectivity index (χ3v) is 2.05. The normalized spacial score (nSPS) is 11.8. The van der Waals surface area contributed by atoms with Crippen LogP contribution in [-0.2, 0) is 4.79 Å². The number of benzene rings is 1. The molecule has 0 aliphatic carbocycles. The van der Waals surface area contributed by atoms with Gasteiger partial charge in [-0.15, -0.1) is 4.91 Å². The number of hydrogen-bond acceptors (Lipinski definition) is 4. The first kappa shape index (κ1) is 12.2. The van der Waals surface area contributed by atoms with Crippen LogP contribution < -0.4 is 4.74 Å². The van der Waals surface area contributed by atoms with Gasteiger partial charge in [-0.05, 0) is 25.0 Å². The molecule has 0 bridgehead atoms. The van der Waals surface area contributed by atoms with E-state index in [-0.39, 0.29) is 6.42 Å². The molecule has 0 fully saturated rings. The quantitative estimate of drug-likeness (QED) is 0.567. The van der Waals surface area contributed by atoms with E-state index in [1.165, 1.54) is 0 Å². The van der Waals surface area contributed by atoms with Crippen molar-refractivity contribution in [1.29, 1.82) is 0 Å². The second kappa shape index (κ2) is 6.55. The van der Waals surface area contributed by atoms with Crippen LogP contribution in [0.4, 0.5) is 0 Å². The highest BCUT2D eigenvalue weighted by Crippen LogP contribution is 2.10. The van der Waals surface area contributed by atoms with E-state index in [2.05, 4.69) is 5.18 Å². The summed E-state index contributed by atoms with van der Waals surface area (Å²) in [5.74, 6) is -0.455. The molecule has 0 saturated heterocycles. The Labute approximate surface area is 93.0 Å². The van der Waals surface area contributed by atoms with Gasteiger partial charge in [0.15, 0.2) is 6.04 Å². The van der Waals surface area contributed by atoms with Crippen molar-refractivity contribution in [2.45, 2.75) is 18.9 Å². The van der Waals surface area contributed by atoms with Crippen molar-refractivity contribution in [1.82, 2.24) is 0 Å². The Hall–Kier alpha value is -1.91. The van der Waals surface area contributed by atoms with Crippen molar-refractivity contribution in [3.8, 4) is 5.75 Å². The van der Waals surface area contributed by atoms with Crippen LogP contribution in [0.25, 0.3) is 0 Å². The first-order valence-corrected chi connectivity index (χ1v) is 4.97. The summed E-state index contributed by atoms with van der Waals surface area (Å²) < 4.78 is 5.34. The molecule has 5 nitrogen and oxygen atoms in total. The topological polar surface area (TPSA) is 76.0 Å². The van der Waals surface area contributed by atoms with Crippen LogP contribution in [0.2, 0.25) is 0 Å². The fraction of sp³-hybridized carbons (Fsp3) is 0.364. The number of aliphatic carboxylic acids is 1. The van der Waals surface area contributed by atoms with E-state index in [9.17, 15) is 9.70 Å². The van der Waals surface area contributed by atoms with Gasteiger partial charge in [0.2, 0.25) is 0 Å². The highest BCUT2D eigenvalue weighted by Gasteiger charge is 2.16. The van der Waals surface area contributed by atoms with Crippen molar-refractivity contribution in [3.63, 3.8) is 0 Å². The molecule has 0 aliphatic heterocycles. The van der Waals surface area contributed by atoms with Gasteiger partial charge in [-0.1, -0.05) is 23.4 Å². The van der Waals surface area contributed by atoms with Crippen LogP contribution in [0, 0.1) is 4.91 Å². The number of nitroso groups, excluding NO2 is 1. The molecule has 86 valence electrons. The van der Waals surface area contributed by atoms with E-state index in [4.69, 9.17) is 9.84 Å². The number of carboxylic acid groups (broad SMARTS) is 1. The van der Waals surface area contributed by atoms with Crippen molar-refractivity contribution in [3.05, 3.63) is 35.2 Å². The Morgan fingerprint density at radius 2 is 2.06 bits per heavy atom. The minimum absolute atomic E-state index is 0.200. The lowest BCUT2D eigenvalue weighted by Crippen LogP contribution is -2.17. The fourth-order valence-corrected chi connectivity index (χ4v) is 1.20. The Morgan fingerprint density at radius 3 is 2.62 bits per heavy atom. The Bertz CT molecular complexity index is 339. The van der Waals surface area contributed by atoms with E-state index >= 15 is 0 Å². The van der Waals surface area contributed by atoms with Gasteiger partial charge < -0.3 is 9.84 Å². The van der Waals surface area contributed by atoms with E-state index < -0.39 is 12.0 Å². The van der Waals surface area contributed by atoms with Gasteiger partial charge in [0, 0.05) is 0 Å². The summed E-state index contributed by atoms with van der Waals surface area (Å²) in [7, 11) is 0. The van der Waals surface area contributed by atoms with Gasteiger partial charge in [-0.2, -0.15) is 0 Å². The largest absolute Gasteiger partial charge is 0.494 e. The highest BCUT2D eigenvalue weighted by molar-refractivity contribution is 5.73. The van der Waals surface area contributed by atoms with Crippen LogP contribution >= 0.6 is 0 Å². The second-order valence-electron chi connectivity index (χ2n) is 3.26. The predicted octanol–water partition coefficient (Wildman–Crippen LogP) is 2.07. The van der Waals surface area contributed by atoms with E-state index in [0.29, 0.717) is 13.0 Å². The Balaban J connectivity index is 2.21. The molecule has 0 aliphatic rings. The van der Waals surface area contributed by atoms with Crippen LogP contribution in [-0.4, -0.2) is 23.7 Å². The van der Waals surface area contributed by atoms with Gasteiger partial charge in [-0.25, -0.2) is 4.79 Å². The van der Waals surface area contributed by atoms with Crippen molar-refractivity contribution in [2.24, 2.45) is 5.18 Å². The SMILES string of the molecule is O=NC(CCCOc1ccccc1)C(=O)O. The minimum atomic E-state index is -1.19. The highest BCUT2D eigenvalue weighted by atomic mass is 16.5. The van der Waals surface area contributed by atoms with Gasteiger partial charge in [0.25, 0.3) is 0 Å². The first-order chi connectivity index (χ1) is 7.74. The fourth-order valence-electron chi connectivity index (χ4n) is 1.20. The maximum absolute atomic E-state index is 10.5. The number of ether oxygens (including phenoxy) is 1. The average molecular weight is 223 g/mol. The first-order valence-electron chi connectivity index (χ1n) is 4.97. The third kappa shape index (κ3) is 4.08. The van der Waals surface area contributed by atoms with Crippen LogP contribution in [0.1, 0.15) is 12.8 Å². The maximum atomic E-state index is 10.5. The monoisotopic (exact) mass is 223 g/mol. The van der Waals surface area contributed by atoms with Gasteiger partial charge >= 0.3 is 5.97 Å². The Morgan fingerprint density at radius 1 is 1.38 bits per heavy atom. The summed E-state index contributed by atoms with van der Waals surface area (Å²) in [6, 6.07) is 8.03. The molecule has 0 amide bonds. The molecule has 1 atom stereocenters. The molecule has 0 saturated carbocycles. The van der Waals surface area contributed by atoms with Crippen molar-refractivity contribution in [2.75, 3.05) is 6.61 Å². The predicted molar refractivity (Wildman–Crippen MR) is 58.4 cm³/mol. The summed E-state index contributed by atoms with van der Waals surface area (Å²) in [6.45, 7) is 0.378. The standard InChI is InChI=1S/C11H13NO4/c13-11(14)10(12-15)7-4-8-16-9-5-2-1-3-6-9/h1-3,5-6,10H,4,7-8H2,(H,13,14). The molecule has 1 N–H and O–H groups in total. The third-order valence-electron chi connectivity index (χ3n) is 2.05. The molecule has 16 heavy (non-hydrogen) atoms. The van der Waals surface area contributed by atoms with Crippen LogP contribution in [0.5, 0.6) is 5.75 Å². The van der Waals surface area contributed by atoms with Crippen molar-refractivity contribution < 1.29 is 14.6 Å². The minimum Gasteiger partial charge on any atom is -0.494 e. The lowest BCUT2D eigenvalue weighted by atomic mass is 10.2. The lowest BCUT2D eigenvalue weighted by Gasteiger charge is -2.06. The number of rotatable bonds is 7. The summed E-state index contributed by atoms with van der Waals surface area (Å²) in [4.78, 5) is 20.6. The van der Waals surface area contributed by atoms with Crippen LogP contribution in [0.3, 0.4) is 0 Å². The Kier molecular flexibility index (Phi) is 4.98. The summed E-state index contributed by atoms with van der Waals surface area (Å²) in [5.41, 5.74) is 0. The van der Waals surface area contributed by atoms with Gasteiger partial charge in [0.1, 0.15) is 5.75 Å². The molecular weight excluding hydrogens is 210 g/mol. The summed E-state index contributed by atoms with van der Waals surface area (Å²) >= 11 is 0. The van der Waals surface area contributed by atoms with Crippen LogP contribution in [0.15, 0.2) is 35.5 Å². The number of nitrogens with zero attached hydrogens (tertiary/aromatic N) is 1. The maximum Gasteiger partial charge on any atom is 0.332 e. The van der Waals surface area contributed by atoms with Gasteiger partial charge in [-0.3, -0.25) is 0 Å². The van der Waals surface area contributed by atoms with Gasteiger partial charge in [0.05, 0.1) is 6.61 Å². The van der Waals surface area contributed by atoms with E-state index in [1.54, 1.807) is 0 Å². The molecule has 1 rings (SSSR count). The second-order valence-corrected chi connectivity index (χ2v) is 3.26. The molecule has 1 aromatic rings. The number of carbonyl (C=O) groups is 1.